The number of ether oxygens (including phenoxy) is 2. The van der Waals surface area contributed by atoms with Gasteiger partial charge in [0.2, 0.25) is 0 Å². The van der Waals surface area contributed by atoms with Gasteiger partial charge in [0.15, 0.2) is 5.75 Å². The molecule has 0 bridgehead atoms. The quantitative estimate of drug-likeness (QED) is 0.613. The first-order valence-electron chi connectivity index (χ1n) is 6.12. The minimum absolute atomic E-state index is 0.171. The molecule has 2 rings (SSSR count). The summed E-state index contributed by atoms with van der Waals surface area (Å²) < 4.78 is 24.0. The zero-order valence-corrected chi connectivity index (χ0v) is 13.3. The number of benzene rings is 1. The third-order valence-corrected chi connectivity index (χ3v) is 3.41. The SMILES string of the molecule is COC(=O)c1ccc(Oc2c(C)cc(F)cc2C)c(Br)n1. The summed E-state index contributed by atoms with van der Waals surface area (Å²) in [5.74, 6) is 0.150. The fourth-order valence-electron chi connectivity index (χ4n) is 1.88. The number of aromatic nitrogens is 1. The molecule has 0 fully saturated rings. The van der Waals surface area contributed by atoms with Crippen molar-refractivity contribution in [3.63, 3.8) is 0 Å². The van der Waals surface area contributed by atoms with E-state index >= 15 is 0 Å². The van der Waals surface area contributed by atoms with Crippen LogP contribution in [0.3, 0.4) is 0 Å². The van der Waals surface area contributed by atoms with Gasteiger partial charge in [-0.3, -0.25) is 0 Å². The van der Waals surface area contributed by atoms with Crippen molar-refractivity contribution in [2.75, 3.05) is 7.11 Å². The molecular formula is C15H13BrFNO3. The number of hydrogen-bond acceptors (Lipinski definition) is 4. The van der Waals surface area contributed by atoms with Gasteiger partial charge in [-0.2, -0.15) is 0 Å². The first-order chi connectivity index (χ1) is 9.92. The lowest BCUT2D eigenvalue weighted by Gasteiger charge is -2.13. The minimum atomic E-state index is -0.531. The van der Waals surface area contributed by atoms with E-state index in [1.54, 1.807) is 19.9 Å². The second-order valence-electron chi connectivity index (χ2n) is 4.45. The largest absolute Gasteiger partial charge is 0.464 e. The third kappa shape index (κ3) is 3.39. The van der Waals surface area contributed by atoms with Crippen LogP contribution in [0.15, 0.2) is 28.9 Å². The number of methoxy groups -OCH3 is 1. The van der Waals surface area contributed by atoms with Crippen molar-refractivity contribution in [2.45, 2.75) is 13.8 Å². The molecule has 110 valence electrons. The number of pyridine rings is 1. The number of carbonyl (C=O) groups is 1. The molecule has 0 aliphatic rings. The van der Waals surface area contributed by atoms with Crippen molar-refractivity contribution in [2.24, 2.45) is 0 Å². The zero-order valence-electron chi connectivity index (χ0n) is 11.7. The predicted molar refractivity (Wildman–Crippen MR) is 79.2 cm³/mol. The van der Waals surface area contributed by atoms with E-state index in [-0.39, 0.29) is 11.5 Å². The summed E-state index contributed by atoms with van der Waals surface area (Å²) in [6.07, 6.45) is 0. The molecular weight excluding hydrogens is 341 g/mol. The Balaban J connectivity index is 2.35. The molecule has 0 N–H and O–H groups in total. The van der Waals surface area contributed by atoms with Gasteiger partial charge in [0.25, 0.3) is 0 Å². The monoisotopic (exact) mass is 353 g/mol. The Hall–Kier alpha value is -1.95. The van der Waals surface area contributed by atoms with Crippen LogP contribution in [0.2, 0.25) is 0 Å². The molecule has 4 nitrogen and oxygen atoms in total. The normalized spacial score (nSPS) is 10.3. The predicted octanol–water partition coefficient (Wildman–Crippen LogP) is 4.18. The highest BCUT2D eigenvalue weighted by molar-refractivity contribution is 9.10. The molecule has 0 aliphatic carbocycles. The summed E-state index contributed by atoms with van der Waals surface area (Å²) in [5.41, 5.74) is 1.53. The molecule has 0 amide bonds. The van der Waals surface area contributed by atoms with Crippen molar-refractivity contribution in [3.05, 3.63) is 51.5 Å². The molecule has 1 aromatic carbocycles. The molecule has 0 atom stereocenters. The van der Waals surface area contributed by atoms with Crippen LogP contribution in [0.25, 0.3) is 0 Å². The minimum Gasteiger partial charge on any atom is -0.464 e. The Labute approximate surface area is 130 Å². The lowest BCUT2D eigenvalue weighted by Crippen LogP contribution is -2.04. The third-order valence-electron chi connectivity index (χ3n) is 2.85. The molecule has 0 aliphatic heterocycles. The molecule has 1 aromatic heterocycles. The summed E-state index contributed by atoms with van der Waals surface area (Å²) >= 11 is 3.25. The number of nitrogens with zero attached hydrogens (tertiary/aromatic N) is 1. The number of rotatable bonds is 3. The lowest BCUT2D eigenvalue weighted by molar-refractivity contribution is 0.0593. The molecule has 0 saturated carbocycles. The molecule has 0 saturated heterocycles. The van der Waals surface area contributed by atoms with Crippen molar-refractivity contribution in [3.8, 4) is 11.5 Å². The fourth-order valence-corrected chi connectivity index (χ4v) is 2.29. The van der Waals surface area contributed by atoms with Gasteiger partial charge in [0.05, 0.1) is 7.11 Å². The van der Waals surface area contributed by atoms with E-state index in [1.807, 2.05) is 0 Å². The highest BCUT2D eigenvalue weighted by atomic mass is 79.9. The fraction of sp³-hybridized carbons (Fsp3) is 0.200. The Kier molecular flexibility index (Phi) is 4.57. The topological polar surface area (TPSA) is 48.4 Å². The molecule has 0 spiro atoms. The molecule has 21 heavy (non-hydrogen) atoms. The Morgan fingerprint density at radius 3 is 2.38 bits per heavy atom. The smallest absolute Gasteiger partial charge is 0.356 e. The number of hydrogen-bond donors (Lipinski definition) is 0. The zero-order chi connectivity index (χ0) is 15.6. The van der Waals surface area contributed by atoms with E-state index in [1.165, 1.54) is 25.3 Å². The van der Waals surface area contributed by atoms with Crippen LogP contribution in [-0.4, -0.2) is 18.1 Å². The Morgan fingerprint density at radius 2 is 1.86 bits per heavy atom. The number of esters is 1. The van der Waals surface area contributed by atoms with Gasteiger partial charge in [-0.05, 0) is 65.2 Å². The van der Waals surface area contributed by atoms with E-state index < -0.39 is 5.97 Å². The van der Waals surface area contributed by atoms with Gasteiger partial charge in [0.1, 0.15) is 21.9 Å². The van der Waals surface area contributed by atoms with E-state index in [9.17, 15) is 9.18 Å². The molecule has 6 heteroatoms. The first-order valence-corrected chi connectivity index (χ1v) is 6.91. The lowest BCUT2D eigenvalue weighted by atomic mass is 10.1. The molecule has 0 radical (unpaired) electrons. The summed E-state index contributed by atoms with van der Waals surface area (Å²) in [6.45, 7) is 3.52. The average Bonchev–Trinajstić information content (AvgIpc) is 2.43. The van der Waals surface area contributed by atoms with E-state index in [0.717, 1.165) is 0 Å². The second kappa shape index (κ2) is 6.22. The van der Waals surface area contributed by atoms with Gasteiger partial charge in [-0.1, -0.05) is 0 Å². The van der Waals surface area contributed by atoms with Crippen LogP contribution in [0.1, 0.15) is 21.6 Å². The maximum atomic E-state index is 13.3. The maximum absolute atomic E-state index is 13.3. The van der Waals surface area contributed by atoms with Crippen molar-refractivity contribution < 1.29 is 18.7 Å². The Bertz CT molecular complexity index is 680. The highest BCUT2D eigenvalue weighted by Gasteiger charge is 2.14. The van der Waals surface area contributed by atoms with Crippen LogP contribution >= 0.6 is 15.9 Å². The number of aryl methyl sites for hydroxylation is 2. The van der Waals surface area contributed by atoms with Crippen molar-refractivity contribution in [1.29, 1.82) is 0 Å². The average molecular weight is 354 g/mol. The summed E-state index contributed by atoms with van der Waals surface area (Å²) in [4.78, 5) is 15.5. The molecule has 0 unspecified atom stereocenters. The van der Waals surface area contributed by atoms with Gasteiger partial charge in [-0.25, -0.2) is 14.2 Å². The summed E-state index contributed by atoms with van der Waals surface area (Å²) in [6, 6.07) is 5.89. The van der Waals surface area contributed by atoms with Gasteiger partial charge < -0.3 is 9.47 Å². The van der Waals surface area contributed by atoms with Crippen LogP contribution in [0.4, 0.5) is 4.39 Å². The second-order valence-corrected chi connectivity index (χ2v) is 5.20. The highest BCUT2D eigenvalue weighted by Crippen LogP contribution is 2.33. The van der Waals surface area contributed by atoms with E-state index in [0.29, 0.717) is 27.2 Å². The molecule has 2 aromatic rings. The van der Waals surface area contributed by atoms with Crippen molar-refractivity contribution >= 4 is 21.9 Å². The summed E-state index contributed by atoms with van der Waals surface area (Å²) in [7, 11) is 1.29. The van der Waals surface area contributed by atoms with Crippen LogP contribution in [-0.2, 0) is 4.74 Å². The van der Waals surface area contributed by atoms with Gasteiger partial charge in [0, 0.05) is 0 Å². The summed E-state index contributed by atoms with van der Waals surface area (Å²) in [5, 5.41) is 0. The van der Waals surface area contributed by atoms with Gasteiger partial charge in [-0.15, -0.1) is 0 Å². The standard InChI is InChI=1S/C15H13BrFNO3/c1-8-6-10(17)7-9(2)13(8)21-12-5-4-11(15(19)20-3)18-14(12)16/h4-7H,1-3H3. The molecule has 1 heterocycles. The number of carbonyl (C=O) groups excluding carboxylic acids is 1. The van der Waals surface area contributed by atoms with E-state index in [4.69, 9.17) is 4.74 Å². The van der Waals surface area contributed by atoms with E-state index in [2.05, 4.69) is 25.7 Å². The van der Waals surface area contributed by atoms with Crippen molar-refractivity contribution in [1.82, 2.24) is 4.98 Å². The van der Waals surface area contributed by atoms with Crippen LogP contribution < -0.4 is 4.74 Å². The van der Waals surface area contributed by atoms with Crippen LogP contribution in [0.5, 0.6) is 11.5 Å². The maximum Gasteiger partial charge on any atom is 0.356 e. The van der Waals surface area contributed by atoms with Gasteiger partial charge >= 0.3 is 5.97 Å². The first kappa shape index (κ1) is 15.4. The number of halogens is 2. The Morgan fingerprint density at radius 1 is 1.24 bits per heavy atom. The van der Waals surface area contributed by atoms with Crippen LogP contribution in [0, 0.1) is 19.7 Å².